The van der Waals surface area contributed by atoms with Crippen LogP contribution >= 0.6 is 0 Å². The highest BCUT2D eigenvalue weighted by molar-refractivity contribution is 6.02. The van der Waals surface area contributed by atoms with E-state index in [1.807, 2.05) is 29.8 Å². The second kappa shape index (κ2) is 5.06. The molecule has 0 amide bonds. The monoisotopic (exact) mass is 288 g/mol. The van der Waals surface area contributed by atoms with Crippen LogP contribution in [0.3, 0.4) is 0 Å². The first-order valence-electron chi connectivity index (χ1n) is 7.38. The Morgan fingerprint density at radius 2 is 2.10 bits per heavy atom. The van der Waals surface area contributed by atoms with Crippen molar-refractivity contribution in [3.8, 4) is 0 Å². The molecule has 1 aliphatic carbocycles. The van der Waals surface area contributed by atoms with Crippen LogP contribution in [0.4, 0.5) is 5.69 Å². The van der Waals surface area contributed by atoms with E-state index in [0.29, 0.717) is 25.1 Å². The lowest BCUT2D eigenvalue weighted by atomic mass is 9.87. The van der Waals surface area contributed by atoms with Crippen molar-refractivity contribution in [3.63, 3.8) is 0 Å². The van der Waals surface area contributed by atoms with E-state index in [0.717, 1.165) is 35.4 Å². The van der Waals surface area contributed by atoms with Gasteiger partial charge in [-0.2, -0.15) is 0 Å². The number of aromatic nitrogens is 1. The molecule has 0 aromatic carbocycles. The van der Waals surface area contributed by atoms with Crippen molar-refractivity contribution in [2.75, 3.05) is 18.6 Å². The largest absolute Gasteiger partial charge is 0.461 e. The lowest BCUT2D eigenvalue weighted by molar-refractivity contribution is -0.116. The van der Waals surface area contributed by atoms with Crippen LogP contribution in [-0.2, 0) is 23.0 Å². The molecule has 0 spiro atoms. The number of esters is 1. The van der Waals surface area contributed by atoms with Gasteiger partial charge in [0.2, 0.25) is 0 Å². The molecule has 112 valence electrons. The lowest BCUT2D eigenvalue weighted by Crippen LogP contribution is -2.30. The number of ketones is 1. The van der Waals surface area contributed by atoms with E-state index in [4.69, 9.17) is 4.74 Å². The average Bonchev–Trinajstić information content (AvgIpc) is 2.77. The summed E-state index contributed by atoms with van der Waals surface area (Å²) in [6.45, 7) is 2.16. The number of fused-ring (bicyclic) bond motifs is 1. The Hall–Kier alpha value is -2.04. The third-order valence-corrected chi connectivity index (χ3v) is 4.31. The first-order valence-corrected chi connectivity index (χ1v) is 7.38. The fourth-order valence-corrected chi connectivity index (χ4v) is 3.40. The summed E-state index contributed by atoms with van der Waals surface area (Å²) in [5.41, 5.74) is 4.47. The van der Waals surface area contributed by atoms with Gasteiger partial charge in [-0.1, -0.05) is 0 Å². The van der Waals surface area contributed by atoms with Gasteiger partial charge in [0, 0.05) is 44.4 Å². The van der Waals surface area contributed by atoms with Gasteiger partial charge in [0.15, 0.2) is 11.5 Å². The minimum Gasteiger partial charge on any atom is -0.461 e. The Balaban J connectivity index is 2.08. The number of ether oxygens (including phenoxy) is 1. The van der Waals surface area contributed by atoms with Crippen molar-refractivity contribution < 1.29 is 14.3 Å². The number of nitrogens with zero attached hydrogens (tertiary/aromatic N) is 2. The maximum Gasteiger partial charge on any atom is 0.357 e. The SMILES string of the molecule is CCOC(=O)c1c2c(cn1C)CC1=C(CCCC1=O)N2C. The zero-order valence-electron chi connectivity index (χ0n) is 12.7. The van der Waals surface area contributed by atoms with Crippen molar-refractivity contribution in [1.82, 2.24) is 4.57 Å². The second-order valence-corrected chi connectivity index (χ2v) is 5.62. The second-order valence-electron chi connectivity index (χ2n) is 5.62. The molecule has 2 heterocycles. The van der Waals surface area contributed by atoms with Crippen LogP contribution in [-0.4, -0.2) is 30.0 Å². The number of allylic oxidation sites excluding steroid dienone is 2. The number of Topliss-reactive ketones (excluding diaryl/α,β-unsaturated/α-hetero) is 1. The van der Waals surface area contributed by atoms with E-state index in [1.54, 1.807) is 6.92 Å². The minimum atomic E-state index is -0.306. The van der Waals surface area contributed by atoms with Gasteiger partial charge in [-0.25, -0.2) is 4.79 Å². The zero-order valence-corrected chi connectivity index (χ0v) is 12.7. The quantitative estimate of drug-likeness (QED) is 0.783. The molecule has 1 aromatic heterocycles. The molecule has 1 aromatic rings. The number of carbonyl (C=O) groups excluding carboxylic acids is 2. The molecule has 0 atom stereocenters. The summed E-state index contributed by atoms with van der Waals surface area (Å²) in [6.07, 6.45) is 4.98. The fraction of sp³-hybridized carbons (Fsp3) is 0.500. The first kappa shape index (κ1) is 13.9. The average molecular weight is 288 g/mol. The van der Waals surface area contributed by atoms with Gasteiger partial charge in [-0.05, 0) is 25.3 Å². The van der Waals surface area contributed by atoms with E-state index < -0.39 is 0 Å². The predicted molar refractivity (Wildman–Crippen MR) is 79.4 cm³/mol. The number of rotatable bonds is 2. The molecule has 0 fully saturated rings. The van der Waals surface area contributed by atoms with E-state index in [2.05, 4.69) is 0 Å². The summed E-state index contributed by atoms with van der Waals surface area (Å²) in [6, 6.07) is 0. The van der Waals surface area contributed by atoms with Crippen molar-refractivity contribution in [2.24, 2.45) is 7.05 Å². The summed E-state index contributed by atoms with van der Waals surface area (Å²) < 4.78 is 6.98. The molecule has 2 aliphatic rings. The Bertz CT molecular complexity index is 655. The van der Waals surface area contributed by atoms with Crippen molar-refractivity contribution in [2.45, 2.75) is 32.6 Å². The topological polar surface area (TPSA) is 51.5 Å². The lowest BCUT2D eigenvalue weighted by Gasteiger charge is -2.33. The van der Waals surface area contributed by atoms with Gasteiger partial charge in [-0.3, -0.25) is 4.79 Å². The zero-order chi connectivity index (χ0) is 15.1. The van der Waals surface area contributed by atoms with Gasteiger partial charge in [-0.15, -0.1) is 0 Å². The van der Waals surface area contributed by atoms with Gasteiger partial charge < -0.3 is 14.2 Å². The summed E-state index contributed by atoms with van der Waals surface area (Å²) in [5, 5.41) is 0. The Morgan fingerprint density at radius 1 is 1.33 bits per heavy atom. The molecule has 0 bridgehead atoms. The van der Waals surface area contributed by atoms with Crippen LogP contribution in [0, 0.1) is 0 Å². The molecule has 1 aliphatic heterocycles. The summed E-state index contributed by atoms with van der Waals surface area (Å²) >= 11 is 0. The molecule has 0 saturated carbocycles. The standard InChI is InChI=1S/C16H20N2O3/c1-4-21-16(20)15-14-10(9-17(15)2)8-11-12(18(14)3)6-5-7-13(11)19/h9H,4-8H2,1-3H3. The molecule has 5 nitrogen and oxygen atoms in total. The summed E-state index contributed by atoms with van der Waals surface area (Å²) in [5.74, 6) is -0.0606. The summed E-state index contributed by atoms with van der Waals surface area (Å²) in [4.78, 5) is 26.4. The molecule has 21 heavy (non-hydrogen) atoms. The molecule has 0 radical (unpaired) electrons. The smallest absolute Gasteiger partial charge is 0.357 e. The number of hydrogen-bond donors (Lipinski definition) is 0. The van der Waals surface area contributed by atoms with Gasteiger partial charge in [0.05, 0.1) is 12.3 Å². The van der Waals surface area contributed by atoms with Crippen LogP contribution in [0.25, 0.3) is 0 Å². The number of aryl methyl sites for hydroxylation is 1. The van der Waals surface area contributed by atoms with Crippen molar-refractivity contribution in [1.29, 1.82) is 0 Å². The van der Waals surface area contributed by atoms with Gasteiger partial charge in [0.1, 0.15) is 0 Å². The first-order chi connectivity index (χ1) is 10.0. The molecular weight excluding hydrogens is 268 g/mol. The normalized spacial score (nSPS) is 17.7. The minimum absolute atomic E-state index is 0.246. The highest BCUT2D eigenvalue weighted by Crippen LogP contribution is 2.40. The van der Waals surface area contributed by atoms with Gasteiger partial charge in [0.25, 0.3) is 0 Å². The van der Waals surface area contributed by atoms with Crippen LogP contribution in [0.5, 0.6) is 0 Å². The maximum atomic E-state index is 12.2. The van der Waals surface area contributed by atoms with Crippen molar-refractivity contribution in [3.05, 3.63) is 28.7 Å². The summed E-state index contributed by atoms with van der Waals surface area (Å²) in [7, 11) is 3.79. The van der Waals surface area contributed by atoms with E-state index >= 15 is 0 Å². The molecular formula is C16H20N2O3. The molecule has 0 saturated heterocycles. The Kier molecular flexibility index (Phi) is 3.35. The Labute approximate surface area is 124 Å². The molecule has 3 rings (SSSR count). The third-order valence-electron chi connectivity index (χ3n) is 4.31. The van der Waals surface area contributed by atoms with E-state index in [-0.39, 0.29) is 11.8 Å². The highest BCUT2D eigenvalue weighted by Gasteiger charge is 2.34. The molecule has 0 N–H and O–H groups in total. The molecule has 5 heteroatoms. The van der Waals surface area contributed by atoms with Crippen LogP contribution in [0.2, 0.25) is 0 Å². The Morgan fingerprint density at radius 3 is 2.81 bits per heavy atom. The van der Waals surface area contributed by atoms with E-state index in [1.165, 1.54) is 0 Å². The predicted octanol–water partition coefficient (Wildman–Crippen LogP) is 2.20. The number of hydrogen-bond acceptors (Lipinski definition) is 4. The highest BCUT2D eigenvalue weighted by atomic mass is 16.5. The fourth-order valence-electron chi connectivity index (χ4n) is 3.40. The number of anilines is 1. The van der Waals surface area contributed by atoms with E-state index in [9.17, 15) is 9.59 Å². The van der Waals surface area contributed by atoms with Crippen LogP contribution in [0.15, 0.2) is 17.5 Å². The van der Waals surface area contributed by atoms with Crippen LogP contribution in [0.1, 0.15) is 42.2 Å². The van der Waals surface area contributed by atoms with Gasteiger partial charge >= 0.3 is 5.97 Å². The third kappa shape index (κ3) is 2.07. The maximum absolute atomic E-state index is 12.2. The van der Waals surface area contributed by atoms with Crippen molar-refractivity contribution >= 4 is 17.4 Å². The van der Waals surface area contributed by atoms with Crippen LogP contribution < -0.4 is 4.90 Å². The molecule has 0 unspecified atom stereocenters. The number of carbonyl (C=O) groups is 2.